The van der Waals surface area contributed by atoms with Crippen molar-refractivity contribution in [2.24, 2.45) is 5.10 Å². The highest BCUT2D eigenvalue weighted by atomic mass is 16.5. The van der Waals surface area contributed by atoms with Gasteiger partial charge in [0.1, 0.15) is 0 Å². The van der Waals surface area contributed by atoms with E-state index in [1.807, 2.05) is 30.3 Å². The minimum Gasteiger partial charge on any atom is -0.467 e. The van der Waals surface area contributed by atoms with E-state index in [0.29, 0.717) is 28.6 Å². The van der Waals surface area contributed by atoms with E-state index in [2.05, 4.69) is 31.1 Å². The highest BCUT2D eigenvalue weighted by Crippen LogP contribution is 2.18. The highest BCUT2D eigenvalue weighted by Gasteiger charge is 2.25. The fraction of sp³-hybridized carbons (Fsp3) is 0.130. The van der Waals surface area contributed by atoms with Crippen LogP contribution < -0.4 is 10.7 Å². The smallest absolute Gasteiger partial charge is 0.334 e. The SMILES string of the molecule is COC(=O)C(NC(=O)c1ccccc1)C(C)=NNc1ccc2nnc(-c3ccccc3)n2n1. The van der Waals surface area contributed by atoms with Gasteiger partial charge in [0.25, 0.3) is 5.91 Å². The van der Waals surface area contributed by atoms with Crippen molar-refractivity contribution in [3.63, 3.8) is 0 Å². The number of hydrogen-bond donors (Lipinski definition) is 2. The number of ether oxygens (including phenoxy) is 1. The van der Waals surface area contributed by atoms with Gasteiger partial charge in [0.15, 0.2) is 23.3 Å². The number of nitrogens with one attached hydrogen (secondary N) is 2. The average molecular weight is 443 g/mol. The number of fused-ring (bicyclic) bond motifs is 1. The molecule has 0 aliphatic rings. The summed E-state index contributed by atoms with van der Waals surface area (Å²) in [5.41, 5.74) is 4.96. The van der Waals surface area contributed by atoms with E-state index in [1.165, 1.54) is 7.11 Å². The van der Waals surface area contributed by atoms with Crippen LogP contribution in [-0.2, 0) is 9.53 Å². The summed E-state index contributed by atoms with van der Waals surface area (Å²) in [6.07, 6.45) is 0. The molecule has 166 valence electrons. The molecule has 1 amide bonds. The van der Waals surface area contributed by atoms with Gasteiger partial charge >= 0.3 is 5.97 Å². The summed E-state index contributed by atoms with van der Waals surface area (Å²) in [5, 5.41) is 19.7. The predicted octanol–water partition coefficient (Wildman–Crippen LogP) is 2.55. The third kappa shape index (κ3) is 4.85. The number of nitrogens with zero attached hydrogens (tertiary/aromatic N) is 5. The van der Waals surface area contributed by atoms with E-state index in [9.17, 15) is 9.59 Å². The van der Waals surface area contributed by atoms with Crippen LogP contribution in [0.2, 0.25) is 0 Å². The molecule has 0 radical (unpaired) electrons. The van der Waals surface area contributed by atoms with Crippen LogP contribution in [0.4, 0.5) is 5.82 Å². The van der Waals surface area contributed by atoms with E-state index in [4.69, 9.17) is 4.74 Å². The maximum absolute atomic E-state index is 12.5. The largest absolute Gasteiger partial charge is 0.467 e. The maximum Gasteiger partial charge on any atom is 0.334 e. The summed E-state index contributed by atoms with van der Waals surface area (Å²) in [6.45, 7) is 1.60. The molecule has 33 heavy (non-hydrogen) atoms. The zero-order valence-electron chi connectivity index (χ0n) is 18.0. The first-order valence-corrected chi connectivity index (χ1v) is 10.1. The molecule has 10 nitrogen and oxygen atoms in total. The Labute approximate surface area is 189 Å². The first kappa shape index (κ1) is 21.6. The molecule has 0 aliphatic heterocycles. The van der Waals surface area contributed by atoms with Gasteiger partial charge in [0.05, 0.1) is 12.8 Å². The number of benzene rings is 2. The summed E-state index contributed by atoms with van der Waals surface area (Å²) >= 11 is 0. The number of esters is 1. The molecule has 2 heterocycles. The summed E-state index contributed by atoms with van der Waals surface area (Å²) in [5.74, 6) is -0.0812. The van der Waals surface area contributed by atoms with E-state index < -0.39 is 17.9 Å². The zero-order valence-corrected chi connectivity index (χ0v) is 18.0. The lowest BCUT2D eigenvalue weighted by Crippen LogP contribution is -2.46. The number of aromatic nitrogens is 4. The van der Waals surface area contributed by atoms with Gasteiger partial charge in [-0.05, 0) is 31.2 Å². The number of amides is 1. The van der Waals surface area contributed by atoms with Crippen molar-refractivity contribution in [3.8, 4) is 11.4 Å². The predicted molar refractivity (Wildman–Crippen MR) is 123 cm³/mol. The van der Waals surface area contributed by atoms with Crippen molar-refractivity contribution >= 4 is 29.1 Å². The van der Waals surface area contributed by atoms with Gasteiger partial charge in [-0.1, -0.05) is 48.5 Å². The number of carbonyl (C=O) groups is 2. The lowest BCUT2D eigenvalue weighted by Gasteiger charge is -2.16. The molecular weight excluding hydrogens is 422 g/mol. The van der Waals surface area contributed by atoms with Crippen molar-refractivity contribution in [3.05, 3.63) is 78.4 Å². The average Bonchev–Trinajstić information content (AvgIpc) is 3.29. The molecule has 0 saturated heterocycles. The molecule has 0 aliphatic carbocycles. The molecule has 2 aromatic heterocycles. The van der Waals surface area contributed by atoms with Crippen molar-refractivity contribution in [2.75, 3.05) is 12.5 Å². The second-order valence-electron chi connectivity index (χ2n) is 7.04. The lowest BCUT2D eigenvalue weighted by molar-refractivity contribution is -0.141. The molecule has 4 aromatic rings. The standard InChI is InChI=1S/C23H21N7O3/c1-15(20(23(32)33-2)24-22(31)17-11-7-4-8-12-17)25-26-18-13-14-19-27-28-21(30(19)29-18)16-9-5-3-6-10-16/h3-14,20H,1-2H3,(H,24,31)(H,26,29). The number of hydrazone groups is 1. The number of hydrogen-bond acceptors (Lipinski definition) is 8. The van der Waals surface area contributed by atoms with Crippen LogP contribution in [0.15, 0.2) is 77.9 Å². The molecule has 10 heteroatoms. The Bertz CT molecular complexity index is 1300. The fourth-order valence-electron chi connectivity index (χ4n) is 3.08. The molecule has 1 atom stereocenters. The lowest BCUT2D eigenvalue weighted by atomic mass is 10.1. The topological polar surface area (TPSA) is 123 Å². The highest BCUT2D eigenvalue weighted by molar-refractivity contribution is 6.09. The van der Waals surface area contributed by atoms with Crippen LogP contribution >= 0.6 is 0 Å². The van der Waals surface area contributed by atoms with Gasteiger partial charge in [-0.25, -0.2) is 4.79 Å². The van der Waals surface area contributed by atoms with Crippen molar-refractivity contribution in [2.45, 2.75) is 13.0 Å². The van der Waals surface area contributed by atoms with E-state index in [0.717, 1.165) is 5.56 Å². The van der Waals surface area contributed by atoms with E-state index >= 15 is 0 Å². The molecule has 0 fully saturated rings. The summed E-state index contributed by atoms with van der Waals surface area (Å²) in [6, 6.07) is 20.5. The molecule has 1 unspecified atom stereocenters. The van der Waals surface area contributed by atoms with Crippen LogP contribution in [0.3, 0.4) is 0 Å². The van der Waals surface area contributed by atoms with Gasteiger partial charge in [-0.15, -0.1) is 15.3 Å². The van der Waals surface area contributed by atoms with Gasteiger partial charge in [-0.3, -0.25) is 10.2 Å². The zero-order chi connectivity index (χ0) is 23.2. The molecular formula is C23H21N7O3. The van der Waals surface area contributed by atoms with Crippen molar-refractivity contribution < 1.29 is 14.3 Å². The minimum absolute atomic E-state index is 0.292. The molecule has 2 N–H and O–H groups in total. The summed E-state index contributed by atoms with van der Waals surface area (Å²) in [4.78, 5) is 24.8. The van der Waals surface area contributed by atoms with E-state index in [1.54, 1.807) is 53.9 Å². The summed E-state index contributed by atoms with van der Waals surface area (Å²) in [7, 11) is 1.25. The third-order valence-corrected chi connectivity index (χ3v) is 4.81. The first-order chi connectivity index (χ1) is 16.1. The van der Waals surface area contributed by atoms with Crippen LogP contribution in [0.25, 0.3) is 17.0 Å². The van der Waals surface area contributed by atoms with Crippen LogP contribution in [0.1, 0.15) is 17.3 Å². The Hall–Kier alpha value is -4.60. The molecule has 0 bridgehead atoms. The van der Waals surface area contributed by atoms with Crippen molar-refractivity contribution in [1.29, 1.82) is 0 Å². The monoisotopic (exact) mass is 443 g/mol. The third-order valence-electron chi connectivity index (χ3n) is 4.81. The van der Waals surface area contributed by atoms with Crippen molar-refractivity contribution in [1.82, 2.24) is 25.1 Å². The Morgan fingerprint density at radius 3 is 2.36 bits per heavy atom. The van der Waals surface area contributed by atoms with Gasteiger partial charge < -0.3 is 10.1 Å². The Balaban J connectivity index is 1.55. The number of methoxy groups -OCH3 is 1. The molecule has 0 saturated carbocycles. The maximum atomic E-state index is 12.5. The van der Waals surface area contributed by atoms with Gasteiger partial charge in [-0.2, -0.15) is 9.62 Å². The van der Waals surface area contributed by atoms with E-state index in [-0.39, 0.29) is 0 Å². The normalized spacial score (nSPS) is 12.2. The first-order valence-electron chi connectivity index (χ1n) is 10.1. The van der Waals surface area contributed by atoms with Crippen LogP contribution in [0.5, 0.6) is 0 Å². The molecule has 2 aromatic carbocycles. The Morgan fingerprint density at radius 2 is 1.67 bits per heavy atom. The quantitative estimate of drug-likeness (QED) is 0.256. The number of carbonyl (C=O) groups excluding carboxylic acids is 2. The fourth-order valence-corrected chi connectivity index (χ4v) is 3.08. The van der Waals surface area contributed by atoms with Crippen LogP contribution in [-0.4, -0.2) is 50.6 Å². The Morgan fingerprint density at radius 1 is 0.970 bits per heavy atom. The number of anilines is 1. The van der Waals surface area contributed by atoms with Crippen LogP contribution in [0, 0.1) is 0 Å². The second-order valence-corrected chi connectivity index (χ2v) is 7.04. The molecule has 4 rings (SSSR count). The second kappa shape index (κ2) is 9.69. The Kier molecular flexibility index (Phi) is 6.35. The number of rotatable bonds is 7. The molecule has 0 spiro atoms. The minimum atomic E-state index is -1.08. The summed E-state index contributed by atoms with van der Waals surface area (Å²) < 4.78 is 6.43. The van der Waals surface area contributed by atoms with Gasteiger partial charge in [0.2, 0.25) is 0 Å². The van der Waals surface area contributed by atoms with Gasteiger partial charge in [0, 0.05) is 11.1 Å².